The number of imidazole rings is 2. The molecule has 70 heavy (non-hydrogen) atoms. The van der Waals surface area contributed by atoms with Crippen LogP contribution in [-0.4, -0.2) is 112 Å². The Morgan fingerprint density at radius 2 is 1.30 bits per heavy atom. The zero-order valence-electron chi connectivity index (χ0n) is 41.1. The molecule has 364 valence electrons. The first-order valence-electron chi connectivity index (χ1n) is 25.6. The van der Waals surface area contributed by atoms with Crippen LogP contribution in [0.1, 0.15) is 85.4 Å². The van der Waals surface area contributed by atoms with Gasteiger partial charge in [-0.2, -0.15) is 0 Å². The van der Waals surface area contributed by atoms with E-state index in [0.29, 0.717) is 23.3 Å². The Morgan fingerprint density at radius 1 is 0.700 bits per heavy atom. The van der Waals surface area contributed by atoms with Gasteiger partial charge in [0.2, 0.25) is 0 Å². The third kappa shape index (κ3) is 8.82. The average Bonchev–Trinajstić information content (AvgIpc) is 4.18. The summed E-state index contributed by atoms with van der Waals surface area (Å²) in [5, 5.41) is 5.83. The summed E-state index contributed by atoms with van der Waals surface area (Å²) >= 11 is 0. The fraction of sp³-hybridized carbons (Fsp3) is 0.455. The Bertz CT molecular complexity index is 3220. The Hall–Kier alpha value is -6.58. The molecule has 8 aromatic rings. The highest BCUT2D eigenvalue weighted by Gasteiger charge is 2.35. The van der Waals surface area contributed by atoms with Crippen LogP contribution in [0.15, 0.2) is 79.1 Å². The number of ether oxygens (including phenoxy) is 1. The molecular weight excluding hydrogens is 877 g/mol. The molecule has 0 radical (unpaired) electrons. The zero-order chi connectivity index (χ0) is 48.0. The van der Waals surface area contributed by atoms with Crippen molar-refractivity contribution >= 4 is 55.9 Å². The maximum absolute atomic E-state index is 13.3. The van der Waals surface area contributed by atoms with Gasteiger partial charge in [0.25, 0.3) is 11.8 Å². The van der Waals surface area contributed by atoms with Crippen LogP contribution in [0.25, 0.3) is 67.2 Å². The quantitative estimate of drug-likeness (QED) is 0.145. The van der Waals surface area contributed by atoms with Crippen molar-refractivity contribution in [2.45, 2.75) is 83.8 Å². The minimum absolute atomic E-state index is 0.0640. The minimum atomic E-state index is 0.0640. The standard InChI is InChI=1S/C27H30N6O.C26H29N5O2.C2H7N/c1-31-23-7-6-20(27(34)32-12-9-18-8-11-28-22(18)16-32)13-21(23)30-26(31)24-14-19-3-2-10-29-25(19)33(24)15-17-4-5-17;1-29-23-20(13-19(15-22(23)33-2)26(32)30-11-4-3-5-12-30)28-25(29)21-14-18-7-6-10-27-24(18)31(21)16-17-8-9-17;1-2-3/h2-3,6-7,10,13-14,17-18,22,28H,4-5,8-9,11-12,15-16H2,1H3;6-7,10,13-15,17H,3-5,8-9,11-12,16H2,1-2H3;2-3H2,1H3/t18-,22+;;/m0../s1. The number of hydrogen-bond donors (Lipinski definition) is 2. The van der Waals surface area contributed by atoms with Crippen molar-refractivity contribution in [3.05, 3.63) is 90.3 Å². The van der Waals surface area contributed by atoms with E-state index in [2.05, 4.69) is 64.9 Å². The maximum atomic E-state index is 13.3. The molecule has 6 aromatic heterocycles. The SMILES string of the molecule is CCN.COc1cc(C(=O)N2CCCCC2)cc2nc(-c3cc4cccnc4n3CC3CC3)n(C)c12.Cn1c(-c2cc3cccnc3n2CC2CC2)nc2cc(C(=O)N3CC[C@@H]4CCN[C@@H]4C3)ccc21. The second-order valence-corrected chi connectivity index (χ2v) is 20.1. The minimum Gasteiger partial charge on any atom is -0.494 e. The Morgan fingerprint density at radius 3 is 1.93 bits per heavy atom. The maximum Gasteiger partial charge on any atom is 0.254 e. The molecule has 2 aromatic carbocycles. The van der Waals surface area contributed by atoms with Crippen LogP contribution >= 0.6 is 0 Å². The summed E-state index contributed by atoms with van der Waals surface area (Å²) in [5.74, 6) is 4.81. The molecule has 0 bridgehead atoms. The number of pyridine rings is 2. The number of hydrogen-bond acceptors (Lipinski definition) is 9. The molecule has 2 aliphatic carbocycles. The highest BCUT2D eigenvalue weighted by atomic mass is 16.5. The highest BCUT2D eigenvalue weighted by molar-refractivity contribution is 6.00. The molecule has 5 fully saturated rings. The van der Waals surface area contributed by atoms with E-state index in [1.807, 2.05) is 78.6 Å². The molecule has 9 heterocycles. The van der Waals surface area contributed by atoms with E-state index in [0.717, 1.165) is 156 Å². The van der Waals surface area contributed by atoms with Crippen LogP contribution in [-0.2, 0) is 27.2 Å². The summed E-state index contributed by atoms with van der Waals surface area (Å²) in [6.45, 7) is 8.96. The van der Waals surface area contributed by atoms with Crippen molar-refractivity contribution < 1.29 is 14.3 Å². The summed E-state index contributed by atoms with van der Waals surface area (Å²) in [7, 11) is 5.74. The lowest BCUT2D eigenvalue weighted by atomic mass is 9.92. The molecular formula is C55H66N12O3. The van der Waals surface area contributed by atoms with E-state index in [-0.39, 0.29) is 11.8 Å². The van der Waals surface area contributed by atoms with E-state index in [4.69, 9.17) is 20.4 Å². The molecule has 2 amide bonds. The number of carbonyl (C=O) groups excluding carboxylic acids is 2. The van der Waals surface area contributed by atoms with Crippen molar-refractivity contribution in [2.24, 2.45) is 37.6 Å². The second kappa shape index (κ2) is 19.3. The molecule has 5 aliphatic rings. The number of aromatic nitrogens is 8. The van der Waals surface area contributed by atoms with E-state index in [9.17, 15) is 9.59 Å². The fourth-order valence-corrected chi connectivity index (χ4v) is 11.1. The smallest absolute Gasteiger partial charge is 0.254 e. The topological polar surface area (TPSA) is 159 Å². The molecule has 2 saturated carbocycles. The number of nitrogens with two attached hydrogens (primary N) is 1. The van der Waals surface area contributed by atoms with Gasteiger partial charge in [-0.25, -0.2) is 19.9 Å². The van der Waals surface area contributed by atoms with Crippen LogP contribution in [0.3, 0.4) is 0 Å². The van der Waals surface area contributed by atoms with Crippen molar-refractivity contribution in [3.63, 3.8) is 0 Å². The van der Waals surface area contributed by atoms with Crippen LogP contribution in [0.4, 0.5) is 0 Å². The Labute approximate surface area is 409 Å². The lowest BCUT2D eigenvalue weighted by Crippen LogP contribution is -2.48. The third-order valence-corrected chi connectivity index (χ3v) is 15.2. The van der Waals surface area contributed by atoms with E-state index >= 15 is 0 Å². The summed E-state index contributed by atoms with van der Waals surface area (Å²) < 4.78 is 14.6. The number of carbonyl (C=O) groups is 2. The predicted octanol–water partition coefficient (Wildman–Crippen LogP) is 8.42. The second-order valence-electron chi connectivity index (χ2n) is 20.1. The van der Waals surface area contributed by atoms with Gasteiger partial charge in [-0.1, -0.05) is 6.92 Å². The molecule has 3 N–H and O–H groups in total. The van der Waals surface area contributed by atoms with E-state index < -0.39 is 0 Å². The number of fused-ring (bicyclic) bond motifs is 5. The van der Waals surface area contributed by atoms with Gasteiger partial charge in [-0.05, 0) is 155 Å². The molecule has 13 rings (SSSR count). The van der Waals surface area contributed by atoms with Crippen LogP contribution < -0.4 is 15.8 Å². The summed E-state index contributed by atoms with van der Waals surface area (Å²) in [5.41, 5.74) is 14.0. The van der Waals surface area contributed by atoms with Gasteiger partial charge in [0, 0.05) is 93.7 Å². The number of aryl methyl sites for hydroxylation is 2. The number of nitrogens with zero attached hydrogens (tertiary/aromatic N) is 10. The lowest BCUT2D eigenvalue weighted by Gasteiger charge is -2.35. The summed E-state index contributed by atoms with van der Waals surface area (Å²) in [6.07, 6.45) is 14.5. The van der Waals surface area contributed by atoms with Gasteiger partial charge in [0.15, 0.2) is 11.6 Å². The van der Waals surface area contributed by atoms with Gasteiger partial charge in [0.1, 0.15) is 22.6 Å². The number of benzene rings is 2. The molecule has 15 heteroatoms. The third-order valence-electron chi connectivity index (χ3n) is 15.2. The number of likely N-dealkylation sites (tertiary alicyclic amines) is 2. The Balaban J connectivity index is 0.000000145. The lowest BCUT2D eigenvalue weighted by molar-refractivity contribution is 0.0668. The van der Waals surface area contributed by atoms with E-state index in [1.54, 1.807) is 7.11 Å². The molecule has 3 saturated heterocycles. The van der Waals surface area contributed by atoms with Gasteiger partial charge < -0.3 is 43.9 Å². The van der Waals surface area contributed by atoms with Gasteiger partial charge in [-0.15, -0.1) is 0 Å². The molecule has 2 atom stereocenters. The van der Waals surface area contributed by atoms with Crippen molar-refractivity contribution in [1.82, 2.24) is 53.3 Å². The van der Waals surface area contributed by atoms with Gasteiger partial charge in [0.05, 0.1) is 35.0 Å². The molecule has 0 spiro atoms. The van der Waals surface area contributed by atoms with Gasteiger partial charge in [-0.3, -0.25) is 9.59 Å². The van der Waals surface area contributed by atoms with Gasteiger partial charge >= 0.3 is 0 Å². The summed E-state index contributed by atoms with van der Waals surface area (Å²) in [6, 6.07) is 22.8. The number of nitrogens with one attached hydrogen (secondary N) is 1. The first-order chi connectivity index (χ1) is 34.2. The monoisotopic (exact) mass is 943 g/mol. The number of methoxy groups -OCH3 is 1. The average molecular weight is 943 g/mol. The first kappa shape index (κ1) is 45.8. The van der Waals surface area contributed by atoms with E-state index in [1.165, 1.54) is 38.5 Å². The zero-order valence-corrected chi connectivity index (χ0v) is 41.1. The molecule has 15 nitrogen and oxygen atoms in total. The largest absolute Gasteiger partial charge is 0.494 e. The van der Waals surface area contributed by atoms with Crippen molar-refractivity contribution in [1.29, 1.82) is 0 Å². The number of rotatable bonds is 9. The predicted molar refractivity (Wildman–Crippen MR) is 276 cm³/mol. The van der Waals surface area contributed by atoms with Crippen LogP contribution in [0.5, 0.6) is 5.75 Å². The van der Waals surface area contributed by atoms with Crippen LogP contribution in [0, 0.1) is 17.8 Å². The Kier molecular flexibility index (Phi) is 12.6. The fourth-order valence-electron chi connectivity index (χ4n) is 11.1. The van der Waals surface area contributed by atoms with Crippen molar-refractivity contribution in [3.8, 4) is 28.8 Å². The highest BCUT2D eigenvalue weighted by Crippen LogP contribution is 2.39. The molecule has 3 aliphatic heterocycles. The number of piperidine rings is 2. The normalized spacial score (nSPS) is 19.0. The van der Waals surface area contributed by atoms with Crippen molar-refractivity contribution in [2.75, 3.05) is 46.4 Å². The summed E-state index contributed by atoms with van der Waals surface area (Å²) in [4.78, 5) is 49.9. The molecule has 0 unspecified atom stereocenters. The van der Waals surface area contributed by atoms with Crippen LogP contribution in [0.2, 0.25) is 0 Å². The first-order valence-corrected chi connectivity index (χ1v) is 25.6. The number of amides is 2.